The minimum Gasteiger partial charge on any atom is -0.479 e. The Morgan fingerprint density at radius 1 is 1.26 bits per heavy atom. The molecule has 3 aromatic rings. The third kappa shape index (κ3) is 3.60. The van der Waals surface area contributed by atoms with Crippen LogP contribution in [0.4, 0.5) is 0 Å². The summed E-state index contributed by atoms with van der Waals surface area (Å²) in [5, 5.41) is 15.8. The van der Waals surface area contributed by atoms with Crippen LogP contribution < -0.4 is 0 Å². The molecule has 1 aliphatic rings. The number of hydrogen-bond acceptors (Lipinski definition) is 6. The number of morpholine rings is 1. The van der Waals surface area contributed by atoms with E-state index >= 15 is 0 Å². The van der Waals surface area contributed by atoms with Crippen LogP contribution in [0.5, 0.6) is 0 Å². The first-order chi connectivity index (χ1) is 13.1. The monoisotopic (exact) mass is 384 g/mol. The van der Waals surface area contributed by atoms with Crippen LogP contribution in [-0.4, -0.2) is 62.4 Å². The topological polar surface area (TPSA) is 97.6 Å². The van der Waals surface area contributed by atoms with Gasteiger partial charge in [-0.15, -0.1) is 11.3 Å². The van der Waals surface area contributed by atoms with Crippen molar-refractivity contribution < 1.29 is 19.4 Å². The maximum absolute atomic E-state index is 12.6. The van der Waals surface area contributed by atoms with Gasteiger partial charge in [0.05, 0.1) is 25.0 Å². The standard InChI is InChI=1S/C18H16N4O4S/c23-17(21-6-7-26-15(10-21)18(24)25)14-11-27-16(20-14)12-8-19-22(9-12)13-4-2-1-3-5-13/h1-5,8-9,11,15H,6-7,10H2,(H,24,25)/t15-/m0/s1. The summed E-state index contributed by atoms with van der Waals surface area (Å²) in [6, 6.07) is 9.70. The van der Waals surface area contributed by atoms with Crippen molar-refractivity contribution in [2.75, 3.05) is 19.7 Å². The van der Waals surface area contributed by atoms with Gasteiger partial charge in [0, 0.05) is 23.7 Å². The Balaban J connectivity index is 1.51. The summed E-state index contributed by atoms with van der Waals surface area (Å²) >= 11 is 1.35. The lowest BCUT2D eigenvalue weighted by Gasteiger charge is -2.30. The molecule has 1 atom stereocenters. The maximum Gasteiger partial charge on any atom is 0.334 e. The van der Waals surface area contributed by atoms with Gasteiger partial charge in [-0.3, -0.25) is 4.79 Å². The molecule has 0 radical (unpaired) electrons. The number of thiazole rings is 1. The second kappa shape index (κ2) is 7.29. The highest BCUT2D eigenvalue weighted by Gasteiger charge is 2.30. The number of carbonyl (C=O) groups excluding carboxylic acids is 1. The summed E-state index contributed by atoms with van der Waals surface area (Å²) in [4.78, 5) is 29.6. The van der Waals surface area contributed by atoms with E-state index < -0.39 is 12.1 Å². The second-order valence-corrected chi connectivity index (χ2v) is 6.85. The van der Waals surface area contributed by atoms with Gasteiger partial charge in [-0.2, -0.15) is 5.10 Å². The van der Waals surface area contributed by atoms with Gasteiger partial charge in [0.2, 0.25) is 0 Å². The summed E-state index contributed by atoms with van der Waals surface area (Å²) in [5.74, 6) is -1.36. The maximum atomic E-state index is 12.6. The van der Waals surface area contributed by atoms with Crippen molar-refractivity contribution in [2.24, 2.45) is 0 Å². The molecule has 8 nitrogen and oxygen atoms in total. The summed E-state index contributed by atoms with van der Waals surface area (Å²) < 4.78 is 6.90. The molecule has 1 aromatic carbocycles. The van der Waals surface area contributed by atoms with Crippen LogP contribution in [0.3, 0.4) is 0 Å². The zero-order chi connectivity index (χ0) is 18.8. The van der Waals surface area contributed by atoms with Gasteiger partial charge in [0.15, 0.2) is 6.10 Å². The number of rotatable bonds is 4. The first-order valence-electron chi connectivity index (χ1n) is 8.31. The Labute approximate surface area is 158 Å². The van der Waals surface area contributed by atoms with Gasteiger partial charge in [0.1, 0.15) is 10.7 Å². The van der Waals surface area contributed by atoms with E-state index in [0.717, 1.165) is 11.3 Å². The van der Waals surface area contributed by atoms with Crippen LogP contribution in [-0.2, 0) is 9.53 Å². The Bertz CT molecular complexity index is 969. The van der Waals surface area contributed by atoms with Gasteiger partial charge in [0.25, 0.3) is 5.91 Å². The number of carboxylic acid groups (broad SMARTS) is 1. The lowest BCUT2D eigenvalue weighted by molar-refractivity contribution is -0.154. The first kappa shape index (κ1) is 17.4. The van der Waals surface area contributed by atoms with Crippen molar-refractivity contribution in [3.8, 4) is 16.3 Å². The molecule has 138 valence electrons. The number of nitrogens with zero attached hydrogens (tertiary/aromatic N) is 4. The molecular formula is C18H16N4O4S. The van der Waals surface area contributed by atoms with Crippen LogP contribution in [0, 0.1) is 0 Å². The highest BCUT2D eigenvalue weighted by Crippen LogP contribution is 2.25. The summed E-state index contributed by atoms with van der Waals surface area (Å²) in [6.07, 6.45) is 2.57. The number of hydrogen-bond donors (Lipinski definition) is 1. The molecule has 0 bridgehead atoms. The van der Waals surface area contributed by atoms with Crippen molar-refractivity contribution in [1.82, 2.24) is 19.7 Å². The third-order valence-corrected chi connectivity index (χ3v) is 5.09. The quantitative estimate of drug-likeness (QED) is 0.738. The predicted molar refractivity (Wildman–Crippen MR) is 98.0 cm³/mol. The van der Waals surface area contributed by atoms with Crippen LogP contribution in [0.25, 0.3) is 16.3 Å². The van der Waals surface area contributed by atoms with E-state index in [-0.39, 0.29) is 19.1 Å². The van der Waals surface area contributed by atoms with Gasteiger partial charge in [-0.25, -0.2) is 14.5 Å². The third-order valence-electron chi connectivity index (χ3n) is 4.20. The van der Waals surface area contributed by atoms with E-state index in [1.165, 1.54) is 16.2 Å². The summed E-state index contributed by atoms with van der Waals surface area (Å²) in [5.41, 5.74) is 2.05. The first-order valence-corrected chi connectivity index (χ1v) is 9.19. The van der Waals surface area contributed by atoms with Gasteiger partial charge < -0.3 is 14.7 Å². The van der Waals surface area contributed by atoms with E-state index in [1.807, 2.05) is 36.5 Å². The largest absolute Gasteiger partial charge is 0.479 e. The molecule has 0 spiro atoms. The molecule has 9 heteroatoms. The van der Waals surface area contributed by atoms with Crippen molar-refractivity contribution in [2.45, 2.75) is 6.10 Å². The molecule has 1 aliphatic heterocycles. The molecular weight excluding hydrogens is 368 g/mol. The van der Waals surface area contributed by atoms with E-state index in [0.29, 0.717) is 17.2 Å². The van der Waals surface area contributed by atoms with Crippen LogP contribution >= 0.6 is 11.3 Å². The molecule has 4 rings (SSSR count). The Morgan fingerprint density at radius 2 is 2.07 bits per heavy atom. The zero-order valence-electron chi connectivity index (χ0n) is 14.2. The molecule has 1 N–H and O–H groups in total. The molecule has 27 heavy (non-hydrogen) atoms. The average molecular weight is 384 g/mol. The van der Waals surface area contributed by atoms with E-state index in [1.54, 1.807) is 16.3 Å². The lowest BCUT2D eigenvalue weighted by atomic mass is 10.2. The molecule has 1 saturated heterocycles. The summed E-state index contributed by atoms with van der Waals surface area (Å²) in [6.45, 7) is 0.567. The van der Waals surface area contributed by atoms with Crippen LogP contribution in [0.2, 0.25) is 0 Å². The fourth-order valence-electron chi connectivity index (χ4n) is 2.80. The van der Waals surface area contributed by atoms with Crippen LogP contribution in [0.1, 0.15) is 10.5 Å². The predicted octanol–water partition coefficient (Wildman–Crippen LogP) is 1.92. The molecule has 0 aliphatic carbocycles. The number of carbonyl (C=O) groups is 2. The molecule has 0 unspecified atom stereocenters. The van der Waals surface area contributed by atoms with Crippen molar-refractivity contribution in [3.63, 3.8) is 0 Å². The number of para-hydroxylation sites is 1. The van der Waals surface area contributed by atoms with E-state index in [9.17, 15) is 9.59 Å². The highest BCUT2D eigenvalue weighted by atomic mass is 32.1. The van der Waals surface area contributed by atoms with Crippen molar-refractivity contribution in [3.05, 3.63) is 53.8 Å². The molecule has 1 amide bonds. The number of aromatic nitrogens is 3. The highest BCUT2D eigenvalue weighted by molar-refractivity contribution is 7.13. The second-order valence-electron chi connectivity index (χ2n) is 6.00. The Morgan fingerprint density at radius 3 is 2.85 bits per heavy atom. The zero-order valence-corrected chi connectivity index (χ0v) is 15.0. The van der Waals surface area contributed by atoms with Crippen LogP contribution in [0.15, 0.2) is 48.1 Å². The summed E-state index contributed by atoms with van der Waals surface area (Å²) in [7, 11) is 0. The molecule has 0 saturated carbocycles. The number of carboxylic acids is 1. The SMILES string of the molecule is O=C(O)[C@@H]1CN(C(=O)c2csc(-c3cnn(-c4ccccc4)c3)n2)CCO1. The number of benzene rings is 1. The minimum absolute atomic E-state index is 0.0208. The number of ether oxygens (including phenoxy) is 1. The molecule has 3 heterocycles. The normalized spacial score (nSPS) is 17.0. The van der Waals surface area contributed by atoms with Crippen molar-refractivity contribution >= 4 is 23.2 Å². The lowest BCUT2D eigenvalue weighted by Crippen LogP contribution is -2.48. The average Bonchev–Trinajstić information content (AvgIpc) is 3.38. The fourth-order valence-corrected chi connectivity index (χ4v) is 3.57. The number of aliphatic carboxylic acids is 1. The van der Waals surface area contributed by atoms with Gasteiger partial charge >= 0.3 is 5.97 Å². The molecule has 2 aromatic heterocycles. The Kier molecular flexibility index (Phi) is 4.69. The fraction of sp³-hybridized carbons (Fsp3) is 0.222. The smallest absolute Gasteiger partial charge is 0.334 e. The van der Waals surface area contributed by atoms with Crippen molar-refractivity contribution in [1.29, 1.82) is 0 Å². The van der Waals surface area contributed by atoms with Gasteiger partial charge in [-0.1, -0.05) is 18.2 Å². The Hall–Kier alpha value is -3.04. The van der Waals surface area contributed by atoms with E-state index in [4.69, 9.17) is 9.84 Å². The molecule has 1 fully saturated rings. The number of amides is 1. The van der Waals surface area contributed by atoms with E-state index in [2.05, 4.69) is 10.1 Å². The minimum atomic E-state index is -1.07. The van der Waals surface area contributed by atoms with Gasteiger partial charge in [-0.05, 0) is 12.1 Å².